The fraction of sp³-hybridized carbons (Fsp3) is 0.667. The standard InChI is InChI=1S/C9H13NO2/c1-6-10-4-7(12-6)8-9(2,3)5-11-8/h4,8H,5H2,1-3H3. The largest absolute Gasteiger partial charge is 0.443 e. The van der Waals surface area contributed by atoms with Crippen molar-refractivity contribution in [2.24, 2.45) is 5.41 Å². The maximum absolute atomic E-state index is 5.41. The number of nitrogens with zero attached hydrogens (tertiary/aromatic N) is 1. The van der Waals surface area contributed by atoms with Crippen LogP contribution in [0.2, 0.25) is 0 Å². The molecule has 3 nitrogen and oxygen atoms in total. The average molecular weight is 167 g/mol. The quantitative estimate of drug-likeness (QED) is 0.642. The van der Waals surface area contributed by atoms with E-state index in [-0.39, 0.29) is 11.5 Å². The summed E-state index contributed by atoms with van der Waals surface area (Å²) in [6, 6.07) is 0. The Morgan fingerprint density at radius 3 is 2.67 bits per heavy atom. The Balaban J connectivity index is 2.21. The molecule has 1 aliphatic rings. The summed E-state index contributed by atoms with van der Waals surface area (Å²) >= 11 is 0. The van der Waals surface area contributed by atoms with Crippen molar-refractivity contribution >= 4 is 0 Å². The molecule has 1 saturated heterocycles. The van der Waals surface area contributed by atoms with E-state index < -0.39 is 0 Å². The van der Waals surface area contributed by atoms with Crippen LogP contribution in [0.5, 0.6) is 0 Å². The van der Waals surface area contributed by atoms with E-state index in [0.717, 1.165) is 12.4 Å². The van der Waals surface area contributed by atoms with E-state index in [1.165, 1.54) is 0 Å². The Hall–Kier alpha value is -0.830. The molecule has 66 valence electrons. The zero-order valence-corrected chi connectivity index (χ0v) is 7.63. The Morgan fingerprint density at radius 1 is 1.58 bits per heavy atom. The molecule has 3 heteroatoms. The lowest BCUT2D eigenvalue weighted by Crippen LogP contribution is -2.40. The van der Waals surface area contributed by atoms with E-state index >= 15 is 0 Å². The molecule has 0 bridgehead atoms. The summed E-state index contributed by atoms with van der Waals surface area (Å²) in [4.78, 5) is 4.04. The third-order valence-electron chi connectivity index (χ3n) is 2.23. The fourth-order valence-electron chi connectivity index (χ4n) is 1.47. The maximum atomic E-state index is 5.41. The van der Waals surface area contributed by atoms with Crippen LogP contribution in [0, 0.1) is 12.3 Å². The first-order chi connectivity index (χ1) is 5.59. The predicted octanol–water partition coefficient (Wildman–Crippen LogP) is 2.08. The van der Waals surface area contributed by atoms with E-state index in [2.05, 4.69) is 18.8 Å². The van der Waals surface area contributed by atoms with Gasteiger partial charge in [0, 0.05) is 12.3 Å². The molecular weight excluding hydrogens is 154 g/mol. The second kappa shape index (κ2) is 2.33. The molecule has 1 aromatic heterocycles. The van der Waals surface area contributed by atoms with Crippen LogP contribution in [-0.2, 0) is 4.74 Å². The van der Waals surface area contributed by atoms with Crippen LogP contribution in [0.15, 0.2) is 10.6 Å². The van der Waals surface area contributed by atoms with Crippen molar-refractivity contribution in [3.05, 3.63) is 17.8 Å². The topological polar surface area (TPSA) is 35.3 Å². The number of hydrogen-bond acceptors (Lipinski definition) is 3. The second-order valence-corrected chi connectivity index (χ2v) is 3.96. The molecule has 0 spiro atoms. The summed E-state index contributed by atoms with van der Waals surface area (Å²) in [7, 11) is 0. The SMILES string of the molecule is Cc1ncc(C2OCC2(C)C)o1. The molecule has 1 fully saturated rings. The lowest BCUT2D eigenvalue weighted by Gasteiger charge is -2.42. The summed E-state index contributed by atoms with van der Waals surface area (Å²) in [5.41, 5.74) is 0.200. The molecule has 2 rings (SSSR count). The van der Waals surface area contributed by atoms with Gasteiger partial charge in [0.25, 0.3) is 0 Å². The zero-order valence-electron chi connectivity index (χ0n) is 7.63. The average Bonchev–Trinajstić information content (AvgIpc) is 2.34. The van der Waals surface area contributed by atoms with Gasteiger partial charge in [-0.1, -0.05) is 13.8 Å². The molecule has 1 atom stereocenters. The van der Waals surface area contributed by atoms with Crippen molar-refractivity contribution in [2.45, 2.75) is 26.9 Å². The summed E-state index contributed by atoms with van der Waals surface area (Å²) in [6.45, 7) is 6.98. The van der Waals surface area contributed by atoms with Crippen LogP contribution in [0.3, 0.4) is 0 Å². The molecule has 0 N–H and O–H groups in total. The highest BCUT2D eigenvalue weighted by molar-refractivity contribution is 5.06. The van der Waals surface area contributed by atoms with Crippen LogP contribution in [0.25, 0.3) is 0 Å². The highest BCUT2D eigenvalue weighted by Crippen LogP contribution is 2.45. The minimum atomic E-state index is 0.0960. The first-order valence-electron chi connectivity index (χ1n) is 4.13. The van der Waals surface area contributed by atoms with Gasteiger partial charge >= 0.3 is 0 Å². The van der Waals surface area contributed by atoms with Crippen LogP contribution in [0.4, 0.5) is 0 Å². The van der Waals surface area contributed by atoms with Crippen LogP contribution in [0.1, 0.15) is 31.6 Å². The number of rotatable bonds is 1. The van der Waals surface area contributed by atoms with Crippen molar-refractivity contribution in [3.8, 4) is 0 Å². The molecule has 0 aliphatic carbocycles. The zero-order chi connectivity index (χ0) is 8.77. The van der Waals surface area contributed by atoms with Gasteiger partial charge in [0.15, 0.2) is 11.7 Å². The monoisotopic (exact) mass is 167 g/mol. The van der Waals surface area contributed by atoms with Crippen molar-refractivity contribution in [2.75, 3.05) is 6.61 Å². The normalized spacial score (nSPS) is 26.8. The third-order valence-corrected chi connectivity index (χ3v) is 2.23. The molecule has 0 saturated carbocycles. The van der Waals surface area contributed by atoms with Gasteiger partial charge in [0.2, 0.25) is 0 Å². The first-order valence-corrected chi connectivity index (χ1v) is 4.13. The number of oxazole rings is 1. The van der Waals surface area contributed by atoms with Crippen molar-refractivity contribution in [1.29, 1.82) is 0 Å². The van der Waals surface area contributed by atoms with Crippen LogP contribution >= 0.6 is 0 Å². The van der Waals surface area contributed by atoms with E-state index in [9.17, 15) is 0 Å². The first kappa shape index (κ1) is 7.80. The molecule has 12 heavy (non-hydrogen) atoms. The minimum Gasteiger partial charge on any atom is -0.443 e. The number of aryl methyl sites for hydroxylation is 1. The lowest BCUT2D eigenvalue weighted by molar-refractivity contribution is -0.180. The fourth-order valence-corrected chi connectivity index (χ4v) is 1.47. The lowest BCUT2D eigenvalue weighted by atomic mass is 9.81. The van der Waals surface area contributed by atoms with Gasteiger partial charge in [-0.15, -0.1) is 0 Å². The highest BCUT2D eigenvalue weighted by Gasteiger charge is 2.43. The minimum absolute atomic E-state index is 0.0960. The van der Waals surface area contributed by atoms with Gasteiger partial charge < -0.3 is 9.15 Å². The Kier molecular flexibility index (Phi) is 1.51. The Bertz CT molecular complexity index is 290. The van der Waals surface area contributed by atoms with Gasteiger partial charge in [0.05, 0.1) is 12.8 Å². The molecule has 0 aromatic carbocycles. The second-order valence-electron chi connectivity index (χ2n) is 3.96. The van der Waals surface area contributed by atoms with Crippen molar-refractivity contribution in [3.63, 3.8) is 0 Å². The van der Waals surface area contributed by atoms with Gasteiger partial charge in [-0.05, 0) is 0 Å². The molecule has 1 unspecified atom stereocenters. The van der Waals surface area contributed by atoms with Crippen LogP contribution in [-0.4, -0.2) is 11.6 Å². The predicted molar refractivity (Wildman–Crippen MR) is 43.7 cm³/mol. The summed E-state index contributed by atoms with van der Waals surface area (Å²) in [5, 5.41) is 0. The van der Waals surface area contributed by atoms with E-state index in [1.54, 1.807) is 6.20 Å². The molecule has 1 aromatic rings. The van der Waals surface area contributed by atoms with Gasteiger partial charge in [-0.2, -0.15) is 0 Å². The molecule has 1 aliphatic heterocycles. The number of hydrogen-bond donors (Lipinski definition) is 0. The molecular formula is C9H13NO2. The number of ether oxygens (including phenoxy) is 1. The van der Waals surface area contributed by atoms with Crippen LogP contribution < -0.4 is 0 Å². The maximum Gasteiger partial charge on any atom is 0.191 e. The Morgan fingerprint density at radius 2 is 2.33 bits per heavy atom. The van der Waals surface area contributed by atoms with Crippen molar-refractivity contribution < 1.29 is 9.15 Å². The van der Waals surface area contributed by atoms with E-state index in [4.69, 9.17) is 9.15 Å². The summed E-state index contributed by atoms with van der Waals surface area (Å²) < 4.78 is 10.8. The number of aromatic nitrogens is 1. The van der Waals surface area contributed by atoms with E-state index in [0.29, 0.717) is 5.89 Å². The smallest absolute Gasteiger partial charge is 0.191 e. The van der Waals surface area contributed by atoms with Gasteiger partial charge in [-0.25, -0.2) is 4.98 Å². The molecule has 2 heterocycles. The van der Waals surface area contributed by atoms with Gasteiger partial charge in [0.1, 0.15) is 6.10 Å². The third kappa shape index (κ3) is 1.05. The summed E-state index contributed by atoms with van der Waals surface area (Å²) in [6.07, 6.45) is 1.85. The Labute approximate surface area is 71.7 Å². The van der Waals surface area contributed by atoms with E-state index in [1.807, 2.05) is 6.92 Å². The molecule has 0 radical (unpaired) electrons. The summed E-state index contributed by atoms with van der Waals surface area (Å²) in [5.74, 6) is 1.56. The molecule has 0 amide bonds. The van der Waals surface area contributed by atoms with Gasteiger partial charge in [-0.3, -0.25) is 0 Å². The highest BCUT2D eigenvalue weighted by atomic mass is 16.5. The van der Waals surface area contributed by atoms with Crippen molar-refractivity contribution in [1.82, 2.24) is 4.98 Å².